The van der Waals surface area contributed by atoms with E-state index in [1.165, 1.54) is 18.7 Å². The number of para-hydroxylation sites is 1. The summed E-state index contributed by atoms with van der Waals surface area (Å²) >= 11 is 1.52. The Kier molecular flexibility index (Phi) is 5.53. The molecule has 1 aliphatic heterocycles. The maximum absolute atomic E-state index is 13.1. The largest absolute Gasteiger partial charge is 0.460 e. The molecule has 1 aromatic carbocycles. The number of carbonyl (C=O) groups is 1. The summed E-state index contributed by atoms with van der Waals surface area (Å²) in [5, 5.41) is 5.25. The fourth-order valence-electron chi connectivity index (χ4n) is 3.59. The fraction of sp³-hybridized carbons (Fsp3) is 0.333. The van der Waals surface area contributed by atoms with E-state index in [-0.39, 0.29) is 11.5 Å². The van der Waals surface area contributed by atoms with Gasteiger partial charge in [-0.05, 0) is 35.4 Å². The molecule has 7 nitrogen and oxygen atoms in total. The predicted molar refractivity (Wildman–Crippen MR) is 111 cm³/mol. The van der Waals surface area contributed by atoms with Gasteiger partial charge in [0.15, 0.2) is 5.76 Å². The molecule has 2 aromatic heterocycles. The first-order chi connectivity index (χ1) is 14.1. The van der Waals surface area contributed by atoms with Gasteiger partial charge in [-0.3, -0.25) is 14.6 Å². The number of furan rings is 1. The molecule has 0 saturated carbocycles. The average Bonchev–Trinajstić information content (AvgIpc) is 3.24. The first-order valence-corrected chi connectivity index (χ1v) is 10.7. The lowest BCUT2D eigenvalue weighted by Gasteiger charge is -2.29. The van der Waals surface area contributed by atoms with Crippen LogP contribution in [0.3, 0.4) is 0 Å². The molecule has 8 heteroatoms. The molecule has 4 rings (SSSR count). The summed E-state index contributed by atoms with van der Waals surface area (Å²) in [6.07, 6.45) is 4.22. The lowest BCUT2D eigenvalue weighted by Crippen LogP contribution is -2.60. The second-order valence-corrected chi connectivity index (χ2v) is 7.99. The molecule has 29 heavy (non-hydrogen) atoms. The quantitative estimate of drug-likeness (QED) is 0.381. The molecule has 150 valence electrons. The van der Waals surface area contributed by atoms with E-state index in [1.54, 1.807) is 28.0 Å². The minimum Gasteiger partial charge on any atom is -0.460 e. The molecule has 0 unspecified atom stereocenters. The molecule has 0 fully saturated rings. The fourth-order valence-corrected chi connectivity index (χ4v) is 4.45. The van der Waals surface area contributed by atoms with Crippen LogP contribution in [-0.2, 0) is 4.79 Å². The monoisotopic (exact) mass is 411 g/mol. The highest BCUT2D eigenvalue weighted by Gasteiger charge is 2.46. The molecule has 1 atom stereocenters. The van der Waals surface area contributed by atoms with Gasteiger partial charge in [0.25, 0.3) is 0 Å². The van der Waals surface area contributed by atoms with E-state index >= 15 is 0 Å². The maximum atomic E-state index is 13.1. The topological polar surface area (TPSA) is 83.1 Å². The van der Waals surface area contributed by atoms with Crippen molar-refractivity contribution < 1.29 is 13.9 Å². The van der Waals surface area contributed by atoms with Gasteiger partial charge in [0.05, 0.1) is 17.5 Å². The minimum atomic E-state index is -0.662. The van der Waals surface area contributed by atoms with Crippen LogP contribution in [0.1, 0.15) is 45.0 Å². The third-order valence-electron chi connectivity index (χ3n) is 4.88. The van der Waals surface area contributed by atoms with E-state index in [0.29, 0.717) is 27.9 Å². The summed E-state index contributed by atoms with van der Waals surface area (Å²) in [5.74, 6) is 1.26. The Labute approximate surface area is 172 Å². The number of carbonyl (C=O) groups excluding carboxylic acids is 1. The van der Waals surface area contributed by atoms with Crippen LogP contribution in [0.5, 0.6) is 0 Å². The number of nitrogens with one attached hydrogen (secondary N) is 1. The Morgan fingerprint density at radius 3 is 2.83 bits per heavy atom. The zero-order chi connectivity index (χ0) is 20.4. The number of rotatable bonds is 6. The molecule has 0 radical (unpaired) electrons. The Balaban J connectivity index is 1.88. The number of aromatic nitrogens is 3. The van der Waals surface area contributed by atoms with Gasteiger partial charge in [-0.25, -0.2) is 4.90 Å². The van der Waals surface area contributed by atoms with Gasteiger partial charge in [-0.1, -0.05) is 43.7 Å². The van der Waals surface area contributed by atoms with Crippen LogP contribution in [0.15, 0.2) is 57.0 Å². The van der Waals surface area contributed by atoms with Crippen molar-refractivity contribution >= 4 is 23.4 Å². The van der Waals surface area contributed by atoms with Gasteiger partial charge in [-0.2, -0.15) is 0 Å². The van der Waals surface area contributed by atoms with Crippen LogP contribution >= 0.6 is 11.8 Å². The number of benzene rings is 1. The lowest BCUT2D eigenvalue weighted by molar-refractivity contribution is -0.764. The normalized spacial score (nSPS) is 15.1. The van der Waals surface area contributed by atoms with E-state index in [9.17, 15) is 9.59 Å². The first-order valence-electron chi connectivity index (χ1n) is 9.73. The maximum Gasteiger partial charge on any atom is 0.325 e. The number of fused-ring (bicyclic) bond motifs is 3. The summed E-state index contributed by atoms with van der Waals surface area (Å²) in [4.78, 5) is 30.2. The number of anilines is 1. The van der Waals surface area contributed by atoms with Gasteiger partial charge in [-0.15, -0.1) is 0 Å². The van der Waals surface area contributed by atoms with Crippen LogP contribution in [0.2, 0.25) is 0 Å². The van der Waals surface area contributed by atoms with E-state index in [0.717, 1.165) is 25.0 Å². The molecule has 3 aromatic rings. The molecular formula is C21H23N4O3S+. The summed E-state index contributed by atoms with van der Waals surface area (Å²) in [6, 6.07) is 10.9. The first kappa shape index (κ1) is 19.4. The molecule has 0 aliphatic carbocycles. The lowest BCUT2D eigenvalue weighted by atomic mass is 10.0. The Bertz CT molecular complexity index is 1080. The molecule has 0 bridgehead atoms. The zero-order valence-corrected chi connectivity index (χ0v) is 17.2. The number of amides is 1. The minimum absolute atomic E-state index is 0.156. The molecule has 0 saturated heterocycles. The number of aromatic amines is 1. The SMILES string of the molecule is CCCCCSc1n[n+]2c(c(=O)[nH]1)-c1ccccc1N(C(C)=O)[C@H]2c1ccco1. The van der Waals surface area contributed by atoms with Gasteiger partial charge in [0, 0.05) is 17.8 Å². The van der Waals surface area contributed by atoms with Crippen molar-refractivity contribution in [3.63, 3.8) is 0 Å². The molecule has 1 N–H and O–H groups in total. The van der Waals surface area contributed by atoms with Crippen LogP contribution < -0.4 is 15.1 Å². The van der Waals surface area contributed by atoms with Crippen molar-refractivity contribution in [2.75, 3.05) is 10.7 Å². The second-order valence-electron chi connectivity index (χ2n) is 6.90. The highest BCUT2D eigenvalue weighted by molar-refractivity contribution is 7.99. The van der Waals surface area contributed by atoms with Crippen molar-refractivity contribution in [1.82, 2.24) is 10.1 Å². The highest BCUT2D eigenvalue weighted by atomic mass is 32.2. The van der Waals surface area contributed by atoms with Gasteiger partial charge < -0.3 is 4.42 Å². The van der Waals surface area contributed by atoms with Gasteiger partial charge >= 0.3 is 17.4 Å². The summed E-state index contributed by atoms with van der Waals surface area (Å²) < 4.78 is 7.26. The van der Waals surface area contributed by atoms with E-state index in [4.69, 9.17) is 9.52 Å². The summed E-state index contributed by atoms with van der Waals surface area (Å²) in [7, 11) is 0. The number of hydrogen-bond donors (Lipinski definition) is 1. The standard InChI is InChI=1S/C21H22N4O3S/c1-3-4-7-13-29-21-22-19(27)18-15-9-5-6-10-16(15)24(14(2)26)20(25(18)23-21)17-11-8-12-28-17/h5-6,8-12,20H,3-4,7,13H2,1-2H3/p+1/t20-/m1/s1. The third-order valence-corrected chi connectivity index (χ3v) is 5.83. The van der Waals surface area contributed by atoms with Crippen molar-refractivity contribution in [3.8, 4) is 11.3 Å². The van der Waals surface area contributed by atoms with Crippen LogP contribution in [0.25, 0.3) is 11.3 Å². The van der Waals surface area contributed by atoms with Crippen molar-refractivity contribution in [1.29, 1.82) is 0 Å². The van der Waals surface area contributed by atoms with Crippen molar-refractivity contribution in [3.05, 3.63) is 58.8 Å². The number of unbranched alkanes of at least 4 members (excludes halogenated alkanes) is 2. The smallest absolute Gasteiger partial charge is 0.325 e. The molecule has 1 amide bonds. The third kappa shape index (κ3) is 3.60. The number of hydrogen-bond acceptors (Lipinski definition) is 5. The number of H-pyrrole nitrogens is 1. The van der Waals surface area contributed by atoms with Gasteiger partial charge in [0.1, 0.15) is 0 Å². The number of nitrogens with zero attached hydrogens (tertiary/aromatic N) is 3. The zero-order valence-electron chi connectivity index (χ0n) is 16.4. The van der Waals surface area contributed by atoms with E-state index in [2.05, 4.69) is 11.9 Å². The number of thioether (sulfide) groups is 1. The van der Waals surface area contributed by atoms with Crippen LogP contribution in [0, 0.1) is 0 Å². The van der Waals surface area contributed by atoms with Crippen molar-refractivity contribution in [2.45, 2.75) is 44.4 Å². The Hall–Kier alpha value is -2.87. The Morgan fingerprint density at radius 2 is 2.10 bits per heavy atom. The molecule has 3 heterocycles. The second kappa shape index (κ2) is 8.24. The van der Waals surface area contributed by atoms with Crippen molar-refractivity contribution in [2.24, 2.45) is 0 Å². The molecule has 0 spiro atoms. The van der Waals surface area contributed by atoms with Crippen LogP contribution in [-0.4, -0.2) is 21.7 Å². The molecule has 1 aliphatic rings. The van der Waals surface area contributed by atoms with E-state index < -0.39 is 6.17 Å². The highest BCUT2D eigenvalue weighted by Crippen LogP contribution is 2.37. The van der Waals surface area contributed by atoms with Gasteiger partial charge in [0.2, 0.25) is 11.1 Å². The summed E-state index contributed by atoms with van der Waals surface area (Å²) in [6.45, 7) is 3.66. The molecular weight excluding hydrogens is 388 g/mol. The van der Waals surface area contributed by atoms with E-state index in [1.807, 2.05) is 24.3 Å². The summed E-state index contributed by atoms with van der Waals surface area (Å²) in [5.41, 5.74) is 1.52. The Morgan fingerprint density at radius 1 is 1.28 bits per heavy atom. The van der Waals surface area contributed by atoms with Crippen LogP contribution in [0.4, 0.5) is 5.69 Å². The average molecular weight is 412 g/mol. The predicted octanol–water partition coefficient (Wildman–Crippen LogP) is 3.51.